The maximum absolute atomic E-state index is 9.99. The summed E-state index contributed by atoms with van der Waals surface area (Å²) in [6.45, 7) is 3.20. The number of thioether (sulfide) groups is 1. The Morgan fingerprint density at radius 3 is 2.80 bits per heavy atom. The van der Waals surface area contributed by atoms with Gasteiger partial charge in [0.2, 0.25) is 0 Å². The minimum Gasteiger partial charge on any atom is -0.508 e. The number of hydrogen-bond acceptors (Lipinski definition) is 3. The molecular formula is C12H17NOS. The first-order valence-corrected chi connectivity index (χ1v) is 6.51. The van der Waals surface area contributed by atoms with E-state index in [4.69, 9.17) is 0 Å². The Morgan fingerprint density at radius 1 is 1.47 bits per heavy atom. The van der Waals surface area contributed by atoms with Crippen LogP contribution >= 0.6 is 11.8 Å². The van der Waals surface area contributed by atoms with Gasteiger partial charge in [0.15, 0.2) is 0 Å². The first-order valence-electron chi connectivity index (χ1n) is 5.28. The number of phenolic OH excluding ortho intramolecular Hbond substituents is 1. The molecule has 0 aromatic heterocycles. The van der Waals surface area contributed by atoms with Crippen molar-refractivity contribution in [3.05, 3.63) is 23.8 Å². The highest BCUT2D eigenvalue weighted by atomic mass is 32.2. The molecule has 0 aliphatic carbocycles. The van der Waals surface area contributed by atoms with Gasteiger partial charge in [0.05, 0.1) is 0 Å². The van der Waals surface area contributed by atoms with Gasteiger partial charge in [0.25, 0.3) is 0 Å². The van der Waals surface area contributed by atoms with E-state index >= 15 is 0 Å². The van der Waals surface area contributed by atoms with Gasteiger partial charge >= 0.3 is 0 Å². The van der Waals surface area contributed by atoms with Crippen LogP contribution in [0.3, 0.4) is 0 Å². The van der Waals surface area contributed by atoms with Gasteiger partial charge in [-0.25, -0.2) is 0 Å². The Labute approximate surface area is 95.1 Å². The van der Waals surface area contributed by atoms with Gasteiger partial charge in [-0.15, -0.1) is 11.8 Å². The molecule has 1 unspecified atom stereocenters. The molecule has 0 amide bonds. The largest absolute Gasteiger partial charge is 0.508 e. The SMILES string of the molecule is CSc1ccc(C2(C)CCCN2)c(O)c1. The Bertz CT molecular complexity index is 359. The van der Waals surface area contributed by atoms with E-state index < -0.39 is 0 Å². The van der Waals surface area contributed by atoms with E-state index in [2.05, 4.69) is 18.3 Å². The van der Waals surface area contributed by atoms with Gasteiger partial charge in [-0.1, -0.05) is 6.07 Å². The van der Waals surface area contributed by atoms with Crippen molar-refractivity contribution in [1.29, 1.82) is 0 Å². The lowest BCUT2D eigenvalue weighted by Gasteiger charge is -2.26. The second-order valence-corrected chi connectivity index (χ2v) is 5.13. The van der Waals surface area contributed by atoms with Crippen molar-refractivity contribution in [3.8, 4) is 5.75 Å². The van der Waals surface area contributed by atoms with E-state index in [1.54, 1.807) is 11.8 Å². The van der Waals surface area contributed by atoms with Crippen LogP contribution in [0.4, 0.5) is 0 Å². The first-order chi connectivity index (χ1) is 7.15. The van der Waals surface area contributed by atoms with Gasteiger partial charge in [-0.3, -0.25) is 0 Å². The fourth-order valence-electron chi connectivity index (χ4n) is 2.23. The fourth-order valence-corrected chi connectivity index (χ4v) is 2.66. The molecule has 1 aliphatic rings. The number of rotatable bonds is 2. The summed E-state index contributed by atoms with van der Waals surface area (Å²) in [7, 11) is 0. The molecule has 2 nitrogen and oxygen atoms in total. The molecule has 1 saturated heterocycles. The lowest BCUT2D eigenvalue weighted by molar-refractivity contribution is 0.393. The Hall–Kier alpha value is -0.670. The summed E-state index contributed by atoms with van der Waals surface area (Å²) in [6, 6.07) is 5.97. The predicted octanol–water partition coefficient (Wildman–Crippen LogP) is 2.71. The highest BCUT2D eigenvalue weighted by Crippen LogP contribution is 2.37. The molecule has 1 atom stereocenters. The smallest absolute Gasteiger partial charge is 0.121 e. The summed E-state index contributed by atoms with van der Waals surface area (Å²) in [6.07, 6.45) is 4.30. The fraction of sp³-hybridized carbons (Fsp3) is 0.500. The number of nitrogens with one attached hydrogen (secondary N) is 1. The van der Waals surface area contributed by atoms with Crippen LogP contribution in [0.2, 0.25) is 0 Å². The zero-order chi connectivity index (χ0) is 10.9. The Kier molecular flexibility index (Phi) is 2.94. The number of phenols is 1. The molecule has 82 valence electrons. The zero-order valence-electron chi connectivity index (χ0n) is 9.21. The molecule has 1 aromatic carbocycles. The van der Waals surface area contributed by atoms with Crippen molar-refractivity contribution in [3.63, 3.8) is 0 Å². The third kappa shape index (κ3) is 1.99. The van der Waals surface area contributed by atoms with Crippen molar-refractivity contribution in [2.24, 2.45) is 0 Å². The van der Waals surface area contributed by atoms with Gasteiger partial charge in [-0.05, 0) is 44.7 Å². The number of hydrogen-bond donors (Lipinski definition) is 2. The third-order valence-electron chi connectivity index (χ3n) is 3.17. The van der Waals surface area contributed by atoms with Gasteiger partial charge in [-0.2, -0.15) is 0 Å². The van der Waals surface area contributed by atoms with Crippen LogP contribution < -0.4 is 5.32 Å². The lowest BCUT2D eigenvalue weighted by atomic mass is 9.90. The van der Waals surface area contributed by atoms with Crippen LogP contribution in [-0.2, 0) is 5.54 Å². The average molecular weight is 223 g/mol. The molecule has 2 N–H and O–H groups in total. The second-order valence-electron chi connectivity index (χ2n) is 4.25. The standard InChI is InChI=1S/C12H17NOS/c1-12(6-3-7-13-12)10-5-4-9(15-2)8-11(10)14/h4-5,8,13-14H,3,6-7H2,1-2H3. The molecule has 1 aliphatic heterocycles. The van der Waals surface area contributed by atoms with Gasteiger partial charge < -0.3 is 10.4 Å². The molecule has 3 heteroatoms. The number of aromatic hydroxyl groups is 1. The minimum absolute atomic E-state index is 0.0407. The molecule has 0 saturated carbocycles. The van der Waals surface area contributed by atoms with Crippen LogP contribution in [0.15, 0.2) is 23.1 Å². The maximum Gasteiger partial charge on any atom is 0.121 e. The van der Waals surface area contributed by atoms with E-state index in [1.807, 2.05) is 18.4 Å². The number of benzene rings is 1. The van der Waals surface area contributed by atoms with Crippen LogP contribution in [0, 0.1) is 0 Å². The van der Waals surface area contributed by atoms with E-state index in [0.29, 0.717) is 5.75 Å². The van der Waals surface area contributed by atoms with Crippen LogP contribution in [-0.4, -0.2) is 17.9 Å². The summed E-state index contributed by atoms with van der Waals surface area (Å²) in [5.41, 5.74) is 0.985. The zero-order valence-corrected chi connectivity index (χ0v) is 10.0. The normalized spacial score (nSPS) is 25.7. The Balaban J connectivity index is 2.36. The molecule has 1 aromatic rings. The van der Waals surface area contributed by atoms with Crippen LogP contribution in [0.25, 0.3) is 0 Å². The van der Waals surface area contributed by atoms with E-state index in [-0.39, 0.29) is 5.54 Å². The summed E-state index contributed by atoms with van der Waals surface area (Å²) in [4.78, 5) is 1.11. The quantitative estimate of drug-likeness (QED) is 0.756. The van der Waals surface area contributed by atoms with Crippen molar-refractivity contribution in [2.45, 2.75) is 30.2 Å². The predicted molar refractivity (Wildman–Crippen MR) is 64.5 cm³/mol. The van der Waals surface area contributed by atoms with Gasteiger partial charge in [0.1, 0.15) is 5.75 Å². The Morgan fingerprint density at radius 2 is 2.27 bits per heavy atom. The van der Waals surface area contributed by atoms with Crippen molar-refractivity contribution in [1.82, 2.24) is 5.32 Å². The molecule has 0 radical (unpaired) electrons. The highest BCUT2D eigenvalue weighted by Gasteiger charge is 2.32. The molecule has 2 rings (SSSR count). The first kappa shape index (κ1) is 10.8. The van der Waals surface area contributed by atoms with Crippen molar-refractivity contribution in [2.75, 3.05) is 12.8 Å². The molecular weight excluding hydrogens is 206 g/mol. The summed E-state index contributed by atoms with van der Waals surface area (Å²) in [5.74, 6) is 0.416. The van der Waals surface area contributed by atoms with E-state index in [9.17, 15) is 5.11 Å². The second kappa shape index (κ2) is 4.06. The summed E-state index contributed by atoms with van der Waals surface area (Å²) < 4.78 is 0. The van der Waals surface area contributed by atoms with Crippen LogP contribution in [0.5, 0.6) is 5.75 Å². The highest BCUT2D eigenvalue weighted by molar-refractivity contribution is 7.98. The third-order valence-corrected chi connectivity index (χ3v) is 3.89. The molecule has 1 heterocycles. The monoisotopic (exact) mass is 223 g/mol. The van der Waals surface area contributed by atoms with Crippen molar-refractivity contribution >= 4 is 11.8 Å². The summed E-state index contributed by atoms with van der Waals surface area (Å²) >= 11 is 1.65. The topological polar surface area (TPSA) is 32.3 Å². The average Bonchev–Trinajstić information content (AvgIpc) is 2.65. The minimum atomic E-state index is -0.0407. The molecule has 0 spiro atoms. The molecule has 15 heavy (non-hydrogen) atoms. The van der Waals surface area contributed by atoms with E-state index in [0.717, 1.165) is 23.4 Å². The van der Waals surface area contributed by atoms with Gasteiger partial charge in [0, 0.05) is 16.0 Å². The lowest BCUT2D eigenvalue weighted by Crippen LogP contribution is -2.33. The molecule has 1 fully saturated rings. The van der Waals surface area contributed by atoms with Crippen LogP contribution in [0.1, 0.15) is 25.3 Å². The van der Waals surface area contributed by atoms with Crippen molar-refractivity contribution < 1.29 is 5.11 Å². The summed E-state index contributed by atoms with van der Waals surface area (Å²) in [5, 5.41) is 13.5. The molecule has 0 bridgehead atoms. The van der Waals surface area contributed by atoms with E-state index in [1.165, 1.54) is 6.42 Å². The maximum atomic E-state index is 9.99.